The van der Waals surface area contributed by atoms with Crippen LogP contribution in [0.4, 0.5) is 0 Å². The summed E-state index contributed by atoms with van der Waals surface area (Å²) in [5.41, 5.74) is 0. The standard InChI is InChI=1S/C44H75NO7/c1-6-8-10-12-14-16-18-19-20-21-22-23-25-27-29-31-33-35-43(47)52-40(38-50-37-36-41(44(48)49)45(3,4)5)39-51-42(46)34-32-30-28-26-24-17-15-13-11-9-7-2/h8,10,14,16,19-20,22-23,27,29,40-41H,6-7,9,11-13,15,17-18,21,24-26,28,30-39H2,1-5H3/p+1/b10-8+,16-14+,20-19+,23-22+,29-27+. The summed E-state index contributed by atoms with van der Waals surface area (Å²) in [5, 5.41) is 9.59. The molecule has 0 saturated heterocycles. The Hall–Kier alpha value is -2.97. The van der Waals surface area contributed by atoms with Gasteiger partial charge in [-0.15, -0.1) is 0 Å². The topological polar surface area (TPSA) is 99.1 Å². The smallest absolute Gasteiger partial charge is 0.362 e. The molecule has 0 rings (SSSR count). The number of nitrogens with zero attached hydrogens (tertiary/aromatic N) is 1. The van der Waals surface area contributed by atoms with Gasteiger partial charge in [-0.3, -0.25) is 9.59 Å². The number of carboxylic acids is 1. The zero-order chi connectivity index (χ0) is 38.5. The Bertz CT molecular complexity index is 1040. The molecular formula is C44H76NO7+. The highest BCUT2D eigenvalue weighted by Crippen LogP contribution is 2.13. The largest absolute Gasteiger partial charge is 0.477 e. The van der Waals surface area contributed by atoms with E-state index in [1.165, 1.54) is 51.4 Å². The minimum Gasteiger partial charge on any atom is -0.477 e. The van der Waals surface area contributed by atoms with Gasteiger partial charge in [0.05, 0.1) is 34.4 Å². The molecule has 0 aromatic carbocycles. The summed E-state index contributed by atoms with van der Waals surface area (Å²) in [6, 6.07) is -0.624. The molecule has 2 atom stereocenters. The third-order valence-corrected chi connectivity index (χ3v) is 8.68. The van der Waals surface area contributed by atoms with E-state index in [1.54, 1.807) is 0 Å². The Morgan fingerprint density at radius 2 is 1.08 bits per heavy atom. The first-order valence-corrected chi connectivity index (χ1v) is 20.3. The van der Waals surface area contributed by atoms with Gasteiger partial charge < -0.3 is 23.8 Å². The van der Waals surface area contributed by atoms with Crippen molar-refractivity contribution in [3.63, 3.8) is 0 Å². The van der Waals surface area contributed by atoms with E-state index in [0.717, 1.165) is 57.8 Å². The average Bonchev–Trinajstić information content (AvgIpc) is 3.09. The van der Waals surface area contributed by atoms with Gasteiger partial charge in [0.15, 0.2) is 12.1 Å². The van der Waals surface area contributed by atoms with Crippen molar-refractivity contribution in [3.8, 4) is 0 Å². The molecular weight excluding hydrogens is 654 g/mol. The summed E-state index contributed by atoms with van der Waals surface area (Å²) in [6.07, 6.45) is 41.3. The third kappa shape index (κ3) is 32.9. The van der Waals surface area contributed by atoms with Crippen LogP contribution in [0.5, 0.6) is 0 Å². The van der Waals surface area contributed by atoms with Crippen LogP contribution >= 0.6 is 0 Å². The van der Waals surface area contributed by atoms with Gasteiger partial charge in [-0.2, -0.15) is 0 Å². The van der Waals surface area contributed by atoms with Crippen molar-refractivity contribution in [3.05, 3.63) is 60.8 Å². The molecule has 0 radical (unpaired) electrons. The first kappa shape index (κ1) is 49.0. The maximum absolute atomic E-state index is 12.7. The number of carbonyl (C=O) groups excluding carboxylic acids is 2. The number of carboxylic acid groups (broad SMARTS) is 1. The van der Waals surface area contributed by atoms with Crippen LogP contribution in [-0.2, 0) is 28.6 Å². The third-order valence-electron chi connectivity index (χ3n) is 8.68. The number of rotatable bonds is 35. The maximum atomic E-state index is 12.7. The van der Waals surface area contributed by atoms with Crippen LogP contribution in [0.25, 0.3) is 0 Å². The number of ether oxygens (including phenoxy) is 3. The van der Waals surface area contributed by atoms with Crippen molar-refractivity contribution >= 4 is 17.9 Å². The van der Waals surface area contributed by atoms with E-state index in [4.69, 9.17) is 14.2 Å². The summed E-state index contributed by atoms with van der Waals surface area (Å²) >= 11 is 0. The zero-order valence-corrected chi connectivity index (χ0v) is 33.7. The number of hydrogen-bond acceptors (Lipinski definition) is 6. The number of unbranched alkanes of at least 4 members (excludes halogenated alkanes) is 11. The predicted molar refractivity (Wildman–Crippen MR) is 215 cm³/mol. The van der Waals surface area contributed by atoms with E-state index in [2.05, 4.69) is 74.6 Å². The Labute approximate surface area is 318 Å². The van der Waals surface area contributed by atoms with E-state index in [9.17, 15) is 19.5 Å². The molecule has 8 heteroatoms. The van der Waals surface area contributed by atoms with Gasteiger partial charge in [-0.05, 0) is 51.4 Å². The zero-order valence-electron chi connectivity index (χ0n) is 33.7. The van der Waals surface area contributed by atoms with Gasteiger partial charge in [0.2, 0.25) is 0 Å². The average molecular weight is 731 g/mol. The molecule has 52 heavy (non-hydrogen) atoms. The first-order chi connectivity index (χ1) is 25.1. The molecule has 0 aliphatic heterocycles. The summed E-state index contributed by atoms with van der Waals surface area (Å²) in [4.78, 5) is 36.8. The fourth-order valence-corrected chi connectivity index (χ4v) is 5.54. The molecule has 0 aromatic heterocycles. The summed E-state index contributed by atoms with van der Waals surface area (Å²) in [7, 11) is 5.49. The fraction of sp³-hybridized carbons (Fsp3) is 0.705. The van der Waals surface area contributed by atoms with Gasteiger partial charge in [0, 0.05) is 19.3 Å². The quantitative estimate of drug-likeness (QED) is 0.0300. The lowest BCUT2D eigenvalue weighted by atomic mass is 10.1. The highest BCUT2D eigenvalue weighted by molar-refractivity contribution is 5.72. The van der Waals surface area contributed by atoms with Gasteiger partial charge in [0.25, 0.3) is 0 Å². The SMILES string of the molecule is CC/C=C/C/C=C/C/C=C/C/C=C/C/C=C/CCCC(=O)OC(COCCC(C(=O)O)[N+](C)(C)C)COC(=O)CCCCCCCCCCCCC. The second-order valence-corrected chi connectivity index (χ2v) is 14.5. The molecule has 1 N–H and O–H groups in total. The van der Waals surface area contributed by atoms with Crippen LogP contribution in [0.15, 0.2) is 60.8 Å². The van der Waals surface area contributed by atoms with E-state index >= 15 is 0 Å². The molecule has 0 saturated carbocycles. The minimum absolute atomic E-state index is 0.0374. The van der Waals surface area contributed by atoms with E-state index < -0.39 is 18.1 Å². The number of hydrogen-bond donors (Lipinski definition) is 1. The Balaban J connectivity index is 4.51. The Morgan fingerprint density at radius 3 is 1.58 bits per heavy atom. The van der Waals surface area contributed by atoms with Crippen molar-refractivity contribution in [1.29, 1.82) is 0 Å². The van der Waals surface area contributed by atoms with Crippen molar-refractivity contribution in [1.82, 2.24) is 0 Å². The number of allylic oxidation sites excluding steroid dienone is 10. The highest BCUT2D eigenvalue weighted by Gasteiger charge is 2.31. The van der Waals surface area contributed by atoms with Crippen LogP contribution < -0.4 is 0 Å². The lowest BCUT2D eigenvalue weighted by Crippen LogP contribution is -2.50. The van der Waals surface area contributed by atoms with Crippen molar-refractivity contribution < 1.29 is 38.2 Å². The lowest BCUT2D eigenvalue weighted by Gasteiger charge is -2.31. The molecule has 2 unspecified atom stereocenters. The minimum atomic E-state index is -0.886. The van der Waals surface area contributed by atoms with E-state index in [0.29, 0.717) is 19.3 Å². The normalized spacial score (nSPS) is 13.6. The second kappa shape index (κ2) is 35.1. The second-order valence-electron chi connectivity index (χ2n) is 14.5. The van der Waals surface area contributed by atoms with Gasteiger partial charge in [0.1, 0.15) is 6.61 Å². The predicted octanol–water partition coefficient (Wildman–Crippen LogP) is 10.6. The number of esters is 2. The van der Waals surface area contributed by atoms with E-state index in [1.807, 2.05) is 21.1 Å². The molecule has 8 nitrogen and oxygen atoms in total. The van der Waals surface area contributed by atoms with Gasteiger partial charge in [-0.1, -0.05) is 139 Å². The molecule has 0 spiro atoms. The molecule has 298 valence electrons. The maximum Gasteiger partial charge on any atom is 0.362 e. The molecule has 0 aromatic rings. The van der Waals surface area contributed by atoms with Crippen LogP contribution in [-0.4, -0.2) is 80.6 Å². The van der Waals surface area contributed by atoms with Crippen molar-refractivity contribution in [2.24, 2.45) is 0 Å². The van der Waals surface area contributed by atoms with Crippen molar-refractivity contribution in [2.45, 2.75) is 161 Å². The van der Waals surface area contributed by atoms with Gasteiger partial charge in [-0.25, -0.2) is 4.79 Å². The number of likely N-dealkylation sites (N-methyl/N-ethyl adjacent to an activating group) is 1. The monoisotopic (exact) mass is 731 g/mol. The number of aliphatic carboxylic acids is 1. The Kier molecular flexibility index (Phi) is 33.1. The molecule has 0 heterocycles. The van der Waals surface area contributed by atoms with E-state index in [-0.39, 0.29) is 42.7 Å². The number of quaternary nitrogens is 1. The molecule has 0 fully saturated rings. The fourth-order valence-electron chi connectivity index (χ4n) is 5.54. The summed E-state index contributed by atoms with van der Waals surface area (Å²) in [5.74, 6) is -1.55. The summed E-state index contributed by atoms with van der Waals surface area (Å²) < 4.78 is 17.2. The molecule has 0 aliphatic rings. The van der Waals surface area contributed by atoms with Gasteiger partial charge >= 0.3 is 17.9 Å². The lowest BCUT2D eigenvalue weighted by molar-refractivity contribution is -0.887. The number of carbonyl (C=O) groups is 3. The molecule has 0 amide bonds. The van der Waals surface area contributed by atoms with Crippen LogP contribution in [0.1, 0.15) is 149 Å². The van der Waals surface area contributed by atoms with Crippen LogP contribution in [0, 0.1) is 0 Å². The molecule has 0 bridgehead atoms. The summed E-state index contributed by atoms with van der Waals surface area (Å²) in [6.45, 7) is 4.53. The van der Waals surface area contributed by atoms with Crippen molar-refractivity contribution in [2.75, 3.05) is 41.0 Å². The Morgan fingerprint density at radius 1 is 0.596 bits per heavy atom. The van der Waals surface area contributed by atoms with Crippen LogP contribution in [0.3, 0.4) is 0 Å². The van der Waals surface area contributed by atoms with Crippen LogP contribution in [0.2, 0.25) is 0 Å². The molecule has 0 aliphatic carbocycles. The highest BCUT2D eigenvalue weighted by atomic mass is 16.6. The first-order valence-electron chi connectivity index (χ1n) is 20.3.